The van der Waals surface area contributed by atoms with Gasteiger partial charge >= 0.3 is 5.97 Å². The van der Waals surface area contributed by atoms with Crippen molar-refractivity contribution >= 4 is 39.0 Å². The molecule has 1 N–H and O–H groups in total. The molecule has 0 aliphatic heterocycles. The fourth-order valence-electron chi connectivity index (χ4n) is 4.63. The Labute approximate surface area is 239 Å². The van der Waals surface area contributed by atoms with Crippen LogP contribution in [0.2, 0.25) is 0 Å². The number of carbonyl (C=O) groups is 1. The Morgan fingerprint density at radius 2 is 1.85 bits per heavy atom. The number of benzene rings is 3. The van der Waals surface area contributed by atoms with Crippen LogP contribution in [-0.2, 0) is 13.0 Å². The van der Waals surface area contributed by atoms with Crippen molar-refractivity contribution in [1.29, 1.82) is 0 Å². The summed E-state index contributed by atoms with van der Waals surface area (Å²) in [5.41, 5.74) is 5.29. The first-order valence-electron chi connectivity index (χ1n) is 12.7. The number of carboxylic acids is 1. The van der Waals surface area contributed by atoms with Crippen LogP contribution in [-0.4, -0.2) is 31.5 Å². The fraction of sp³-hybridized carbons (Fsp3) is 0.161. The number of aromatic nitrogens is 3. The van der Waals surface area contributed by atoms with Crippen molar-refractivity contribution in [3.63, 3.8) is 0 Å². The van der Waals surface area contributed by atoms with E-state index < -0.39 is 5.97 Å². The highest BCUT2D eigenvalue weighted by molar-refractivity contribution is 9.10. The molecular weight excluding hydrogens is 572 g/mol. The van der Waals surface area contributed by atoms with E-state index in [2.05, 4.69) is 30.6 Å². The van der Waals surface area contributed by atoms with Crippen LogP contribution in [0.3, 0.4) is 0 Å². The van der Waals surface area contributed by atoms with Gasteiger partial charge in [-0.1, -0.05) is 35.0 Å². The Morgan fingerprint density at radius 1 is 1.07 bits per heavy atom. The molecule has 0 saturated carbocycles. The summed E-state index contributed by atoms with van der Waals surface area (Å²) in [4.78, 5) is 29.1. The van der Waals surface area contributed by atoms with Gasteiger partial charge < -0.3 is 14.4 Å². The largest absolute Gasteiger partial charge is 0.489 e. The Hall–Kier alpha value is -4.50. The van der Waals surface area contributed by atoms with Crippen molar-refractivity contribution in [2.24, 2.45) is 5.10 Å². The summed E-state index contributed by atoms with van der Waals surface area (Å²) in [6.07, 6.45) is 2.27. The minimum Gasteiger partial charge on any atom is -0.489 e. The van der Waals surface area contributed by atoms with Gasteiger partial charge in [0.25, 0.3) is 5.56 Å². The van der Waals surface area contributed by atoms with Crippen molar-refractivity contribution in [2.75, 3.05) is 0 Å². The minimum absolute atomic E-state index is 0.210. The molecule has 0 fully saturated rings. The number of carboxylic acid groups (broad SMARTS) is 1. The maximum absolute atomic E-state index is 13.2. The van der Waals surface area contributed by atoms with Crippen molar-refractivity contribution in [2.45, 2.75) is 33.8 Å². The van der Waals surface area contributed by atoms with Crippen LogP contribution >= 0.6 is 15.9 Å². The molecule has 3 aromatic carbocycles. The van der Waals surface area contributed by atoms with E-state index >= 15 is 0 Å². The average molecular weight is 599 g/mol. The van der Waals surface area contributed by atoms with E-state index in [0.717, 1.165) is 32.7 Å². The zero-order valence-electron chi connectivity index (χ0n) is 22.3. The van der Waals surface area contributed by atoms with E-state index in [9.17, 15) is 14.7 Å². The highest BCUT2D eigenvalue weighted by Crippen LogP contribution is 2.23. The molecule has 0 saturated heterocycles. The van der Waals surface area contributed by atoms with Crippen molar-refractivity contribution < 1.29 is 14.6 Å². The number of aryl methyl sites for hydroxylation is 2. The van der Waals surface area contributed by atoms with E-state index in [1.807, 2.05) is 69.3 Å². The summed E-state index contributed by atoms with van der Waals surface area (Å²) in [6.45, 7) is 6.24. The van der Waals surface area contributed by atoms with Crippen LogP contribution in [0.25, 0.3) is 16.6 Å². The molecule has 0 bridgehead atoms. The molecule has 0 aliphatic carbocycles. The second kappa shape index (κ2) is 11.3. The number of fused-ring (bicyclic) bond motifs is 1. The Morgan fingerprint density at radius 3 is 2.58 bits per heavy atom. The second-order valence-electron chi connectivity index (χ2n) is 9.35. The Bertz CT molecular complexity index is 1820. The third-order valence-electron chi connectivity index (χ3n) is 6.65. The predicted molar refractivity (Wildman–Crippen MR) is 159 cm³/mol. The van der Waals surface area contributed by atoms with Gasteiger partial charge in [-0.3, -0.25) is 4.79 Å². The van der Waals surface area contributed by atoms with E-state index in [1.165, 1.54) is 4.68 Å². The predicted octanol–water partition coefficient (Wildman–Crippen LogP) is 6.29. The molecule has 0 unspecified atom stereocenters. The smallest absolute Gasteiger partial charge is 0.335 e. The highest BCUT2D eigenvalue weighted by Gasteiger charge is 2.13. The van der Waals surface area contributed by atoms with Crippen molar-refractivity contribution in [3.05, 3.63) is 122 Å². The van der Waals surface area contributed by atoms with Gasteiger partial charge in [-0.15, -0.1) is 0 Å². The van der Waals surface area contributed by atoms with Crippen LogP contribution in [0.15, 0.2) is 87.2 Å². The maximum atomic E-state index is 13.2. The van der Waals surface area contributed by atoms with E-state index in [0.29, 0.717) is 28.9 Å². The lowest BCUT2D eigenvalue weighted by atomic mass is 10.1. The molecule has 2 heterocycles. The van der Waals surface area contributed by atoms with Gasteiger partial charge in [-0.05, 0) is 80.1 Å². The number of nitrogens with zero attached hydrogens (tertiary/aromatic N) is 4. The van der Waals surface area contributed by atoms with E-state index in [4.69, 9.17) is 4.74 Å². The number of rotatable bonds is 8. The van der Waals surface area contributed by atoms with Gasteiger partial charge in [0.05, 0.1) is 22.7 Å². The van der Waals surface area contributed by atoms with E-state index in [1.54, 1.807) is 30.5 Å². The van der Waals surface area contributed by atoms with Gasteiger partial charge in [0, 0.05) is 33.5 Å². The lowest BCUT2D eigenvalue weighted by molar-refractivity contribution is 0.0696. The van der Waals surface area contributed by atoms with Crippen molar-refractivity contribution in [1.82, 2.24) is 14.2 Å². The lowest BCUT2D eigenvalue weighted by Gasteiger charge is -2.12. The normalized spacial score (nSPS) is 11.4. The first-order chi connectivity index (χ1) is 19.2. The third kappa shape index (κ3) is 5.46. The molecule has 0 spiro atoms. The number of hydrogen-bond acceptors (Lipinski definition) is 5. The Kier molecular flexibility index (Phi) is 7.66. The molecular formula is C31H27BrN4O4. The van der Waals surface area contributed by atoms with Crippen LogP contribution in [0.5, 0.6) is 5.75 Å². The average Bonchev–Trinajstić information content (AvgIpc) is 3.24. The van der Waals surface area contributed by atoms with Gasteiger partial charge in [0.1, 0.15) is 18.2 Å². The lowest BCUT2D eigenvalue weighted by Crippen LogP contribution is -2.22. The fourth-order valence-corrected chi connectivity index (χ4v) is 4.99. The molecule has 2 aromatic heterocycles. The molecule has 5 aromatic rings. The molecule has 0 atom stereocenters. The number of hydrogen-bond donors (Lipinski definition) is 1. The van der Waals surface area contributed by atoms with Crippen LogP contribution in [0.1, 0.15) is 45.6 Å². The first kappa shape index (κ1) is 27.1. The molecule has 0 aliphatic rings. The summed E-state index contributed by atoms with van der Waals surface area (Å²) < 4.78 is 10.2. The summed E-state index contributed by atoms with van der Waals surface area (Å²) in [6, 6.07) is 21.9. The topological polar surface area (TPSA) is 98.7 Å². The summed E-state index contributed by atoms with van der Waals surface area (Å²) in [5.74, 6) is 0.305. The van der Waals surface area contributed by atoms with Gasteiger partial charge in [0.2, 0.25) is 0 Å². The second-order valence-corrected chi connectivity index (χ2v) is 10.3. The summed E-state index contributed by atoms with van der Waals surface area (Å²) in [5, 5.41) is 14.2. The monoisotopic (exact) mass is 598 g/mol. The molecule has 40 heavy (non-hydrogen) atoms. The molecule has 9 heteroatoms. The summed E-state index contributed by atoms with van der Waals surface area (Å²) >= 11 is 3.43. The maximum Gasteiger partial charge on any atom is 0.335 e. The molecule has 5 rings (SSSR count). The Balaban J connectivity index is 1.38. The number of ether oxygens (including phenoxy) is 1. The zero-order valence-corrected chi connectivity index (χ0v) is 23.8. The first-order valence-corrected chi connectivity index (χ1v) is 13.5. The summed E-state index contributed by atoms with van der Waals surface area (Å²) in [7, 11) is 0. The standard InChI is InChI=1S/C31H27BrN4O4/c1-4-29-34-28-13-8-24(32)16-27(28)30(37)36(29)33-17-23-14-19(2)35(20(23)3)25-9-11-26(12-10-25)40-18-21-6-5-7-22(15-21)31(38)39/h5-17H,4,18H2,1-3H3,(H,38,39). The minimum atomic E-state index is -0.965. The zero-order chi connectivity index (χ0) is 28.4. The highest BCUT2D eigenvalue weighted by atomic mass is 79.9. The number of halogens is 1. The van der Waals surface area contributed by atoms with E-state index in [-0.39, 0.29) is 17.7 Å². The molecule has 0 radical (unpaired) electrons. The van der Waals surface area contributed by atoms with Gasteiger partial charge in [0.15, 0.2) is 0 Å². The van der Waals surface area contributed by atoms with Gasteiger partial charge in [-0.25, -0.2) is 9.78 Å². The van der Waals surface area contributed by atoms with Crippen LogP contribution < -0.4 is 10.3 Å². The van der Waals surface area contributed by atoms with Gasteiger partial charge in [-0.2, -0.15) is 9.78 Å². The third-order valence-corrected chi connectivity index (χ3v) is 7.14. The molecule has 202 valence electrons. The molecule has 8 nitrogen and oxygen atoms in total. The quantitative estimate of drug-likeness (QED) is 0.212. The number of aromatic carboxylic acids is 1. The molecule has 0 amide bonds. The van der Waals surface area contributed by atoms with Crippen LogP contribution in [0.4, 0.5) is 0 Å². The van der Waals surface area contributed by atoms with Crippen LogP contribution in [0, 0.1) is 13.8 Å². The van der Waals surface area contributed by atoms with Crippen molar-refractivity contribution in [3.8, 4) is 11.4 Å². The SMILES string of the molecule is CCc1nc2ccc(Br)cc2c(=O)n1N=Cc1cc(C)n(-c2ccc(OCc3cccc(C(=O)O)c3)cc2)c1C.